The van der Waals surface area contributed by atoms with Crippen LogP contribution < -0.4 is 5.32 Å². The van der Waals surface area contributed by atoms with Crippen LogP contribution >= 0.6 is 38.6 Å². The summed E-state index contributed by atoms with van der Waals surface area (Å²) in [5.74, 6) is -0.141. The maximum Gasteiger partial charge on any atom is 0.232 e. The molecule has 3 aromatic rings. The Hall–Kier alpha value is -1.64. The number of nitrogens with one attached hydrogen (secondary N) is 1. The lowest BCUT2D eigenvalue weighted by Crippen LogP contribution is -2.14. The summed E-state index contributed by atoms with van der Waals surface area (Å²) < 4.78 is 1.01. The molecule has 0 aliphatic carbocycles. The molecule has 0 fully saturated rings. The summed E-state index contributed by atoms with van der Waals surface area (Å²) in [5.41, 5.74) is 3.35. The molecule has 0 radical (unpaired) electrons. The van der Waals surface area contributed by atoms with E-state index in [1.54, 1.807) is 5.51 Å². The maximum absolute atomic E-state index is 11.9. The van der Waals surface area contributed by atoms with E-state index in [9.17, 15) is 4.79 Å². The molecule has 106 valence electrons. The average Bonchev–Trinajstić information content (AvgIpc) is 3.10. The second-order valence-electron chi connectivity index (χ2n) is 4.12. The van der Waals surface area contributed by atoms with Gasteiger partial charge in [0.15, 0.2) is 0 Å². The lowest BCUT2D eigenvalue weighted by atomic mass is 10.2. The number of hydrogen-bond acceptors (Lipinski definition) is 6. The molecule has 0 bridgehead atoms. The Balaban J connectivity index is 1.69. The van der Waals surface area contributed by atoms with Gasteiger partial charge in [0.1, 0.15) is 10.5 Å². The normalized spacial score (nSPS) is 10.5. The summed E-state index contributed by atoms with van der Waals surface area (Å²) in [5, 5.41) is 13.4. The SMILES string of the molecule is O=C(Cc1csc(-c2cccc(Br)c2)n1)Nc1nncs1. The highest BCUT2D eigenvalue weighted by Gasteiger charge is 2.10. The van der Waals surface area contributed by atoms with Crippen molar-refractivity contribution in [1.82, 2.24) is 15.2 Å². The Labute approximate surface area is 137 Å². The third kappa shape index (κ3) is 3.72. The van der Waals surface area contributed by atoms with Crippen molar-refractivity contribution in [3.63, 3.8) is 0 Å². The highest BCUT2D eigenvalue weighted by Crippen LogP contribution is 2.26. The molecule has 2 aromatic heterocycles. The molecule has 0 unspecified atom stereocenters. The van der Waals surface area contributed by atoms with Gasteiger partial charge in [-0.05, 0) is 12.1 Å². The number of carbonyl (C=O) groups is 1. The van der Waals surface area contributed by atoms with E-state index in [2.05, 4.69) is 36.4 Å². The van der Waals surface area contributed by atoms with Crippen molar-refractivity contribution in [3.8, 4) is 10.6 Å². The Morgan fingerprint density at radius 1 is 1.33 bits per heavy atom. The maximum atomic E-state index is 11.9. The van der Waals surface area contributed by atoms with Crippen molar-refractivity contribution in [2.45, 2.75) is 6.42 Å². The van der Waals surface area contributed by atoms with Gasteiger partial charge in [-0.2, -0.15) is 0 Å². The molecular weight excluding hydrogens is 372 g/mol. The molecule has 0 aliphatic rings. The number of benzene rings is 1. The minimum Gasteiger partial charge on any atom is -0.300 e. The minimum atomic E-state index is -0.141. The van der Waals surface area contributed by atoms with Crippen LogP contribution in [0.4, 0.5) is 5.13 Å². The Kier molecular flexibility index (Phi) is 4.37. The molecule has 3 rings (SSSR count). The standard InChI is InChI=1S/C13H9BrN4OS2/c14-9-3-1-2-8(4-9)12-16-10(6-20-12)5-11(19)17-13-18-15-7-21-13/h1-4,6-7H,5H2,(H,17,18,19). The van der Waals surface area contributed by atoms with Gasteiger partial charge in [-0.15, -0.1) is 21.5 Å². The van der Waals surface area contributed by atoms with Gasteiger partial charge < -0.3 is 5.32 Å². The molecule has 0 atom stereocenters. The number of nitrogens with zero attached hydrogens (tertiary/aromatic N) is 3. The first-order chi connectivity index (χ1) is 10.2. The third-order valence-electron chi connectivity index (χ3n) is 2.57. The van der Waals surface area contributed by atoms with Crippen molar-refractivity contribution in [2.24, 2.45) is 0 Å². The molecule has 1 amide bonds. The van der Waals surface area contributed by atoms with Crippen LogP contribution in [0.3, 0.4) is 0 Å². The number of carbonyl (C=O) groups excluding carboxylic acids is 1. The van der Waals surface area contributed by atoms with Crippen LogP contribution in [0.15, 0.2) is 39.6 Å². The molecule has 0 spiro atoms. The molecule has 21 heavy (non-hydrogen) atoms. The van der Waals surface area contributed by atoms with E-state index >= 15 is 0 Å². The second kappa shape index (κ2) is 6.42. The number of amides is 1. The van der Waals surface area contributed by atoms with Gasteiger partial charge in [-0.25, -0.2) is 4.98 Å². The quantitative estimate of drug-likeness (QED) is 0.750. The van der Waals surface area contributed by atoms with Crippen LogP contribution in [0.25, 0.3) is 10.6 Å². The first kappa shape index (κ1) is 14.3. The van der Waals surface area contributed by atoms with E-state index in [-0.39, 0.29) is 12.3 Å². The molecular formula is C13H9BrN4OS2. The van der Waals surface area contributed by atoms with Crippen LogP contribution in [0.5, 0.6) is 0 Å². The Bertz CT molecular complexity index is 757. The van der Waals surface area contributed by atoms with Crippen molar-refractivity contribution >= 4 is 49.6 Å². The third-order valence-corrected chi connectivity index (χ3v) is 4.61. The monoisotopic (exact) mass is 380 g/mol. The number of thiazole rings is 1. The van der Waals surface area contributed by atoms with Crippen LogP contribution in [-0.4, -0.2) is 21.1 Å². The van der Waals surface area contributed by atoms with Crippen LogP contribution in [0, 0.1) is 0 Å². The Morgan fingerprint density at radius 3 is 3.00 bits per heavy atom. The second-order valence-corrected chi connectivity index (χ2v) is 6.73. The van der Waals surface area contributed by atoms with Gasteiger partial charge >= 0.3 is 0 Å². The van der Waals surface area contributed by atoms with Crippen molar-refractivity contribution in [1.29, 1.82) is 0 Å². The molecule has 8 heteroatoms. The summed E-state index contributed by atoms with van der Waals surface area (Å²) in [4.78, 5) is 16.4. The number of hydrogen-bond donors (Lipinski definition) is 1. The predicted octanol–water partition coefficient (Wildman–Crippen LogP) is 3.61. The molecule has 2 heterocycles. The van der Waals surface area contributed by atoms with Gasteiger partial charge in [0.05, 0.1) is 12.1 Å². The Morgan fingerprint density at radius 2 is 2.24 bits per heavy atom. The molecule has 0 saturated heterocycles. The fourth-order valence-electron chi connectivity index (χ4n) is 1.70. The first-order valence-electron chi connectivity index (χ1n) is 5.97. The minimum absolute atomic E-state index is 0.141. The lowest BCUT2D eigenvalue weighted by molar-refractivity contribution is -0.115. The largest absolute Gasteiger partial charge is 0.300 e. The predicted molar refractivity (Wildman–Crippen MR) is 87.5 cm³/mol. The first-order valence-corrected chi connectivity index (χ1v) is 8.52. The molecule has 5 nitrogen and oxygen atoms in total. The van der Waals surface area contributed by atoms with E-state index in [0.717, 1.165) is 20.7 Å². The number of aromatic nitrogens is 3. The fraction of sp³-hybridized carbons (Fsp3) is 0.0769. The lowest BCUT2D eigenvalue weighted by Gasteiger charge is -1.98. The highest BCUT2D eigenvalue weighted by molar-refractivity contribution is 9.10. The molecule has 0 saturated carbocycles. The van der Waals surface area contributed by atoms with E-state index in [4.69, 9.17) is 0 Å². The van der Waals surface area contributed by atoms with Crippen molar-refractivity contribution in [2.75, 3.05) is 5.32 Å². The number of anilines is 1. The van der Waals surface area contributed by atoms with E-state index < -0.39 is 0 Å². The van der Waals surface area contributed by atoms with E-state index in [1.165, 1.54) is 22.7 Å². The summed E-state index contributed by atoms with van der Waals surface area (Å²) in [6.45, 7) is 0. The molecule has 1 N–H and O–H groups in total. The average molecular weight is 381 g/mol. The van der Waals surface area contributed by atoms with Gasteiger partial charge in [-0.1, -0.05) is 39.4 Å². The summed E-state index contributed by atoms with van der Waals surface area (Å²) in [7, 11) is 0. The van der Waals surface area contributed by atoms with Crippen molar-refractivity contribution < 1.29 is 4.79 Å². The zero-order chi connectivity index (χ0) is 14.7. The zero-order valence-corrected chi connectivity index (χ0v) is 13.8. The van der Waals surface area contributed by atoms with Gasteiger partial charge in [0.25, 0.3) is 0 Å². The highest BCUT2D eigenvalue weighted by atomic mass is 79.9. The smallest absolute Gasteiger partial charge is 0.232 e. The number of rotatable bonds is 4. The van der Waals surface area contributed by atoms with Crippen molar-refractivity contribution in [3.05, 3.63) is 45.3 Å². The summed E-state index contributed by atoms with van der Waals surface area (Å²) >= 11 is 6.25. The van der Waals surface area contributed by atoms with Crippen LogP contribution in [0.1, 0.15) is 5.69 Å². The molecule has 0 aliphatic heterocycles. The zero-order valence-electron chi connectivity index (χ0n) is 10.6. The topological polar surface area (TPSA) is 67.8 Å². The van der Waals surface area contributed by atoms with Gasteiger partial charge in [0, 0.05) is 15.4 Å². The fourth-order valence-corrected chi connectivity index (χ4v) is 3.37. The van der Waals surface area contributed by atoms with Gasteiger partial charge in [0.2, 0.25) is 11.0 Å². The number of halogens is 1. The van der Waals surface area contributed by atoms with E-state index in [0.29, 0.717) is 5.13 Å². The van der Waals surface area contributed by atoms with E-state index in [1.807, 2.05) is 29.6 Å². The van der Waals surface area contributed by atoms with Crippen LogP contribution in [0.2, 0.25) is 0 Å². The van der Waals surface area contributed by atoms with Crippen LogP contribution in [-0.2, 0) is 11.2 Å². The summed E-state index contributed by atoms with van der Waals surface area (Å²) in [6, 6.07) is 7.93. The molecule has 1 aromatic carbocycles. The summed E-state index contributed by atoms with van der Waals surface area (Å²) in [6.07, 6.45) is 0.226. The van der Waals surface area contributed by atoms with Gasteiger partial charge in [-0.3, -0.25) is 4.79 Å².